The summed E-state index contributed by atoms with van der Waals surface area (Å²) >= 11 is 8.98. The van der Waals surface area contributed by atoms with Gasteiger partial charge >= 0.3 is 5.97 Å². The number of aliphatic hydroxyl groups is 1. The average molecular weight is 323 g/mol. The molecule has 3 N–H and O–H groups in total. The first-order chi connectivity index (χ1) is 7.91. The number of carboxylic acid groups (broad SMARTS) is 1. The van der Waals surface area contributed by atoms with Crippen molar-refractivity contribution in [2.24, 2.45) is 0 Å². The van der Waals surface area contributed by atoms with Crippen LogP contribution < -0.4 is 5.32 Å². The summed E-state index contributed by atoms with van der Waals surface area (Å²) in [5.74, 6) is -1.89. The van der Waals surface area contributed by atoms with Gasteiger partial charge in [-0.25, -0.2) is 4.79 Å². The van der Waals surface area contributed by atoms with Crippen LogP contribution >= 0.6 is 27.5 Å². The van der Waals surface area contributed by atoms with Crippen LogP contribution in [0.4, 0.5) is 0 Å². The molecule has 1 rings (SSSR count). The van der Waals surface area contributed by atoms with Crippen LogP contribution in [0, 0.1) is 0 Å². The Balaban J connectivity index is 2.64. The number of hydrogen-bond donors (Lipinski definition) is 3. The second-order valence-corrected chi connectivity index (χ2v) is 4.45. The summed E-state index contributed by atoms with van der Waals surface area (Å²) in [4.78, 5) is 21.9. The molecule has 0 saturated heterocycles. The number of carboxylic acids is 1. The number of carbonyl (C=O) groups is 2. The van der Waals surface area contributed by atoms with Crippen LogP contribution in [0.2, 0.25) is 5.02 Å². The maximum Gasteiger partial charge on any atom is 0.334 e. The fourth-order valence-electron chi connectivity index (χ4n) is 1.02. The zero-order chi connectivity index (χ0) is 13.0. The van der Waals surface area contributed by atoms with E-state index in [1.165, 1.54) is 12.1 Å². The van der Waals surface area contributed by atoms with E-state index in [9.17, 15) is 9.59 Å². The highest BCUT2D eigenvalue weighted by Gasteiger charge is 2.15. The SMILES string of the molecule is O=C(NC[C@H](O)C(=O)O)c1ccc(Br)c(Cl)c1. The molecule has 0 aliphatic rings. The lowest BCUT2D eigenvalue weighted by atomic mass is 10.2. The van der Waals surface area contributed by atoms with Gasteiger partial charge < -0.3 is 15.5 Å². The molecular weight excluding hydrogens is 313 g/mol. The Kier molecular flexibility index (Phi) is 4.92. The zero-order valence-corrected chi connectivity index (χ0v) is 10.8. The molecular formula is C10H9BrClNO4. The standard InChI is InChI=1S/C10H9BrClNO4/c11-6-2-1-5(3-7(6)12)9(15)13-4-8(14)10(16)17/h1-3,8,14H,4H2,(H,13,15)(H,16,17)/t8-/m0/s1. The van der Waals surface area contributed by atoms with Gasteiger partial charge in [0, 0.05) is 10.0 Å². The molecule has 0 spiro atoms. The number of amides is 1. The Labute approximate surface area is 111 Å². The van der Waals surface area contributed by atoms with Crippen LogP contribution in [-0.4, -0.2) is 34.7 Å². The van der Waals surface area contributed by atoms with Gasteiger partial charge in [-0.3, -0.25) is 4.79 Å². The Bertz CT molecular complexity index is 452. The number of aliphatic hydroxyl groups excluding tert-OH is 1. The molecule has 7 heteroatoms. The fourth-order valence-corrected chi connectivity index (χ4v) is 1.44. The van der Waals surface area contributed by atoms with Crippen molar-refractivity contribution in [2.75, 3.05) is 6.54 Å². The summed E-state index contributed by atoms with van der Waals surface area (Å²) in [6.45, 7) is -0.359. The third-order valence-corrected chi connectivity index (χ3v) is 3.16. The van der Waals surface area contributed by atoms with Gasteiger partial charge in [-0.05, 0) is 34.1 Å². The van der Waals surface area contributed by atoms with Gasteiger partial charge in [0.1, 0.15) is 0 Å². The monoisotopic (exact) mass is 321 g/mol. The normalized spacial score (nSPS) is 11.9. The van der Waals surface area contributed by atoms with Crippen molar-refractivity contribution in [3.63, 3.8) is 0 Å². The van der Waals surface area contributed by atoms with Crippen molar-refractivity contribution < 1.29 is 19.8 Å². The Morgan fingerprint density at radius 3 is 2.65 bits per heavy atom. The van der Waals surface area contributed by atoms with Crippen molar-refractivity contribution in [1.82, 2.24) is 5.32 Å². The molecule has 0 radical (unpaired) electrons. The molecule has 5 nitrogen and oxygen atoms in total. The summed E-state index contributed by atoms with van der Waals surface area (Å²) < 4.78 is 0.654. The number of halogens is 2. The van der Waals surface area contributed by atoms with E-state index in [1.807, 2.05) is 0 Å². The Hall–Kier alpha value is -1.11. The number of rotatable bonds is 4. The molecule has 0 aromatic heterocycles. The van der Waals surface area contributed by atoms with E-state index >= 15 is 0 Å². The number of aliphatic carboxylic acids is 1. The summed E-state index contributed by atoms with van der Waals surface area (Å²) in [5, 5.41) is 20.0. The van der Waals surface area contributed by atoms with E-state index in [0.29, 0.717) is 9.50 Å². The Morgan fingerprint density at radius 1 is 1.47 bits per heavy atom. The minimum absolute atomic E-state index is 0.288. The van der Waals surface area contributed by atoms with Crippen molar-refractivity contribution in [1.29, 1.82) is 0 Å². The minimum Gasteiger partial charge on any atom is -0.479 e. The second-order valence-electron chi connectivity index (χ2n) is 3.19. The molecule has 1 aromatic rings. The summed E-state index contributed by atoms with van der Waals surface area (Å²) in [6, 6.07) is 4.57. The first kappa shape index (κ1) is 14.0. The number of benzene rings is 1. The number of carbonyl (C=O) groups excluding carboxylic acids is 1. The zero-order valence-electron chi connectivity index (χ0n) is 8.48. The van der Waals surface area contributed by atoms with E-state index < -0.39 is 18.0 Å². The summed E-state index contributed by atoms with van der Waals surface area (Å²) in [7, 11) is 0. The molecule has 1 amide bonds. The van der Waals surface area contributed by atoms with E-state index in [-0.39, 0.29) is 12.1 Å². The molecule has 0 saturated carbocycles. The van der Waals surface area contributed by atoms with Gasteiger partial charge in [0.25, 0.3) is 5.91 Å². The highest BCUT2D eigenvalue weighted by Crippen LogP contribution is 2.23. The molecule has 0 aliphatic carbocycles. The van der Waals surface area contributed by atoms with Crippen LogP contribution in [0.25, 0.3) is 0 Å². The van der Waals surface area contributed by atoms with Gasteiger partial charge in [0.05, 0.1) is 11.6 Å². The van der Waals surface area contributed by atoms with Crippen LogP contribution in [0.1, 0.15) is 10.4 Å². The lowest BCUT2D eigenvalue weighted by Crippen LogP contribution is -2.36. The molecule has 0 unspecified atom stereocenters. The van der Waals surface area contributed by atoms with E-state index in [2.05, 4.69) is 21.2 Å². The molecule has 0 bridgehead atoms. The van der Waals surface area contributed by atoms with E-state index in [4.69, 9.17) is 21.8 Å². The van der Waals surface area contributed by atoms with Crippen LogP contribution in [-0.2, 0) is 4.79 Å². The van der Waals surface area contributed by atoms with E-state index in [1.54, 1.807) is 6.07 Å². The maximum atomic E-state index is 11.5. The van der Waals surface area contributed by atoms with Crippen LogP contribution in [0.15, 0.2) is 22.7 Å². The highest BCUT2D eigenvalue weighted by atomic mass is 79.9. The van der Waals surface area contributed by atoms with Crippen molar-refractivity contribution in [3.8, 4) is 0 Å². The Morgan fingerprint density at radius 2 is 2.12 bits per heavy atom. The second kappa shape index (κ2) is 6.00. The molecule has 92 valence electrons. The minimum atomic E-state index is -1.62. The third kappa shape index (κ3) is 3.99. The third-order valence-electron chi connectivity index (χ3n) is 1.92. The largest absolute Gasteiger partial charge is 0.479 e. The lowest BCUT2D eigenvalue weighted by Gasteiger charge is -2.08. The molecule has 0 heterocycles. The van der Waals surface area contributed by atoms with Crippen molar-refractivity contribution in [3.05, 3.63) is 33.3 Å². The molecule has 17 heavy (non-hydrogen) atoms. The predicted molar refractivity (Wildman–Crippen MR) is 65.1 cm³/mol. The smallest absolute Gasteiger partial charge is 0.334 e. The fraction of sp³-hybridized carbons (Fsp3) is 0.200. The van der Waals surface area contributed by atoms with Gasteiger partial charge in [-0.15, -0.1) is 0 Å². The van der Waals surface area contributed by atoms with Crippen molar-refractivity contribution in [2.45, 2.75) is 6.10 Å². The van der Waals surface area contributed by atoms with Gasteiger partial charge in [-0.2, -0.15) is 0 Å². The first-order valence-corrected chi connectivity index (χ1v) is 5.73. The molecule has 1 aromatic carbocycles. The average Bonchev–Trinajstić information content (AvgIpc) is 2.28. The molecule has 1 atom stereocenters. The number of hydrogen-bond acceptors (Lipinski definition) is 3. The predicted octanol–water partition coefficient (Wildman–Crippen LogP) is 1.28. The van der Waals surface area contributed by atoms with Gasteiger partial charge in [0.15, 0.2) is 6.10 Å². The first-order valence-electron chi connectivity index (χ1n) is 4.56. The lowest BCUT2D eigenvalue weighted by molar-refractivity contribution is -0.146. The number of nitrogens with one attached hydrogen (secondary N) is 1. The van der Waals surface area contributed by atoms with Gasteiger partial charge in [0.2, 0.25) is 0 Å². The van der Waals surface area contributed by atoms with Crippen LogP contribution in [0.3, 0.4) is 0 Å². The molecule has 0 aliphatic heterocycles. The quantitative estimate of drug-likeness (QED) is 0.779. The summed E-state index contributed by atoms with van der Waals surface area (Å²) in [6.07, 6.45) is -1.62. The van der Waals surface area contributed by atoms with E-state index in [0.717, 1.165) is 0 Å². The highest BCUT2D eigenvalue weighted by molar-refractivity contribution is 9.10. The van der Waals surface area contributed by atoms with Gasteiger partial charge in [-0.1, -0.05) is 11.6 Å². The molecule has 0 fully saturated rings. The van der Waals surface area contributed by atoms with Crippen LogP contribution in [0.5, 0.6) is 0 Å². The summed E-state index contributed by atoms with van der Waals surface area (Å²) in [5.41, 5.74) is 0.288. The topological polar surface area (TPSA) is 86.6 Å². The van der Waals surface area contributed by atoms with Crippen molar-refractivity contribution >= 4 is 39.4 Å². The maximum absolute atomic E-state index is 11.5.